The first-order valence-electron chi connectivity index (χ1n) is 16.7. The number of likely N-dealkylation sites (tertiary alicyclic amines) is 1. The Bertz CT molecular complexity index is 1380. The fourth-order valence-electron chi connectivity index (χ4n) is 7.23. The van der Waals surface area contributed by atoms with Crippen molar-refractivity contribution in [1.29, 1.82) is 5.26 Å². The highest BCUT2D eigenvalue weighted by Crippen LogP contribution is 2.38. The largest absolute Gasteiger partial charge is 0.443 e. The van der Waals surface area contributed by atoms with Gasteiger partial charge in [0, 0.05) is 69.1 Å². The number of hydrogen-bond acceptors (Lipinski definition) is 10. The molecule has 0 spiro atoms. The van der Waals surface area contributed by atoms with Crippen LogP contribution in [0.5, 0.6) is 0 Å². The standard InChI is InChI=1S/C33H49N9O3/c1-22(2)29-19-36-42-31(16-30(38-32(29)42)35-18-23-9-12-44-27(13-23)17-34)37-24-14-25-7-8-26(15-24)41(25)33(43)45-28-20-40(21-28)11-6-5-10-39(3)4/h5-6,16,19,22-28,37H,7-15,18,20-21H2,1-4H3,(H,35,38)/b6-5+. The minimum absolute atomic E-state index is 0.0205. The first-order chi connectivity index (χ1) is 21.8. The number of piperidine rings is 1. The molecular formula is C33H49N9O3. The van der Waals surface area contributed by atoms with Crippen LogP contribution in [-0.4, -0.2) is 119 Å². The van der Waals surface area contributed by atoms with Gasteiger partial charge >= 0.3 is 6.09 Å². The van der Waals surface area contributed by atoms with Crippen LogP contribution >= 0.6 is 0 Å². The van der Waals surface area contributed by atoms with Gasteiger partial charge < -0.3 is 29.9 Å². The maximum Gasteiger partial charge on any atom is 0.410 e. The summed E-state index contributed by atoms with van der Waals surface area (Å²) in [5, 5.41) is 21.4. The van der Waals surface area contributed by atoms with Gasteiger partial charge in [-0.2, -0.15) is 14.9 Å². The lowest BCUT2D eigenvalue weighted by molar-refractivity contribution is -0.0306. The number of carbonyl (C=O) groups excluding carboxylic acids is 1. The molecule has 0 radical (unpaired) electrons. The number of nitrogens with zero attached hydrogens (tertiary/aromatic N) is 7. The Morgan fingerprint density at radius 1 is 1.20 bits per heavy atom. The third-order valence-electron chi connectivity index (χ3n) is 9.72. The van der Waals surface area contributed by atoms with Crippen molar-refractivity contribution >= 4 is 23.4 Å². The monoisotopic (exact) mass is 619 g/mol. The smallest absolute Gasteiger partial charge is 0.410 e. The van der Waals surface area contributed by atoms with Gasteiger partial charge in [-0.1, -0.05) is 26.0 Å². The van der Waals surface area contributed by atoms with E-state index < -0.39 is 0 Å². The van der Waals surface area contributed by atoms with Gasteiger partial charge in [0.25, 0.3) is 0 Å². The molecule has 2 N–H and O–H groups in total. The average molecular weight is 620 g/mol. The number of nitrogens with one attached hydrogen (secondary N) is 2. The molecule has 6 rings (SSSR count). The fourth-order valence-corrected chi connectivity index (χ4v) is 7.23. The van der Waals surface area contributed by atoms with Crippen molar-refractivity contribution in [3.05, 3.63) is 30.0 Å². The van der Waals surface area contributed by atoms with Crippen LogP contribution in [0.4, 0.5) is 16.4 Å². The molecular weight excluding hydrogens is 570 g/mol. The van der Waals surface area contributed by atoms with Crippen LogP contribution in [0.25, 0.3) is 5.65 Å². The molecule has 0 aliphatic carbocycles. The van der Waals surface area contributed by atoms with Crippen molar-refractivity contribution in [2.45, 2.75) is 88.6 Å². The second-order valence-electron chi connectivity index (χ2n) is 13.8. The third-order valence-corrected chi connectivity index (χ3v) is 9.72. The molecule has 2 aromatic heterocycles. The molecule has 4 aliphatic rings. The van der Waals surface area contributed by atoms with E-state index in [-0.39, 0.29) is 42.3 Å². The Morgan fingerprint density at radius 3 is 2.69 bits per heavy atom. The molecule has 4 unspecified atom stereocenters. The predicted octanol–water partition coefficient (Wildman–Crippen LogP) is 3.93. The summed E-state index contributed by atoms with van der Waals surface area (Å²) in [5.41, 5.74) is 1.96. The topological polar surface area (TPSA) is 123 Å². The molecule has 45 heavy (non-hydrogen) atoms. The number of aromatic nitrogens is 3. The van der Waals surface area contributed by atoms with Crippen molar-refractivity contribution in [2.75, 3.05) is 64.1 Å². The maximum atomic E-state index is 13.3. The minimum Gasteiger partial charge on any atom is -0.443 e. The minimum atomic E-state index is -0.331. The summed E-state index contributed by atoms with van der Waals surface area (Å²) in [7, 11) is 4.12. The molecule has 4 aliphatic heterocycles. The quantitative estimate of drug-likeness (QED) is 0.358. The van der Waals surface area contributed by atoms with Gasteiger partial charge in [-0.15, -0.1) is 0 Å². The highest BCUT2D eigenvalue weighted by Gasteiger charge is 2.45. The van der Waals surface area contributed by atoms with Gasteiger partial charge in [0.05, 0.1) is 12.3 Å². The van der Waals surface area contributed by atoms with Crippen molar-refractivity contribution in [1.82, 2.24) is 29.3 Å². The van der Waals surface area contributed by atoms with Crippen molar-refractivity contribution < 1.29 is 14.3 Å². The normalized spacial score (nSPS) is 27.3. The third kappa shape index (κ3) is 7.37. The van der Waals surface area contributed by atoms with E-state index in [2.05, 4.69) is 66.6 Å². The maximum absolute atomic E-state index is 13.3. The number of carbonyl (C=O) groups is 1. The highest BCUT2D eigenvalue weighted by molar-refractivity contribution is 5.70. The number of likely N-dealkylation sites (N-methyl/N-ethyl adjacent to an activating group) is 1. The van der Waals surface area contributed by atoms with Gasteiger partial charge in [-0.3, -0.25) is 4.90 Å². The van der Waals surface area contributed by atoms with E-state index in [4.69, 9.17) is 19.6 Å². The summed E-state index contributed by atoms with van der Waals surface area (Å²) in [6.45, 7) is 9.12. The summed E-state index contributed by atoms with van der Waals surface area (Å²) in [6.07, 6.45) is 11.2. The Balaban J connectivity index is 1.06. The fraction of sp³-hybridized carbons (Fsp3) is 0.697. The second kappa shape index (κ2) is 13.9. The molecule has 2 aromatic rings. The second-order valence-corrected chi connectivity index (χ2v) is 13.8. The zero-order valence-electron chi connectivity index (χ0n) is 27.2. The summed E-state index contributed by atoms with van der Waals surface area (Å²) in [6, 6.07) is 4.88. The van der Waals surface area contributed by atoms with E-state index in [1.54, 1.807) is 0 Å². The number of anilines is 2. The molecule has 6 heterocycles. The summed E-state index contributed by atoms with van der Waals surface area (Å²) in [4.78, 5) is 24.7. The van der Waals surface area contributed by atoms with Gasteiger partial charge in [0.1, 0.15) is 23.8 Å². The molecule has 1 amide bonds. The first-order valence-corrected chi connectivity index (χ1v) is 16.7. The van der Waals surface area contributed by atoms with E-state index >= 15 is 0 Å². The molecule has 0 aromatic carbocycles. The van der Waals surface area contributed by atoms with Gasteiger partial charge in [0.2, 0.25) is 0 Å². The van der Waals surface area contributed by atoms with Crippen molar-refractivity contribution in [3.63, 3.8) is 0 Å². The van der Waals surface area contributed by atoms with Gasteiger partial charge in [0.15, 0.2) is 5.65 Å². The van der Waals surface area contributed by atoms with Crippen LogP contribution in [0, 0.1) is 17.2 Å². The van der Waals surface area contributed by atoms with Crippen LogP contribution in [0.2, 0.25) is 0 Å². The zero-order chi connectivity index (χ0) is 31.5. The number of rotatable bonds is 11. The van der Waals surface area contributed by atoms with Gasteiger partial charge in [-0.05, 0) is 64.5 Å². The Hall–Kier alpha value is -3.40. The lowest BCUT2D eigenvalue weighted by Gasteiger charge is -2.42. The van der Waals surface area contributed by atoms with Gasteiger partial charge in [-0.25, -0.2) is 9.78 Å². The molecule has 12 nitrogen and oxygen atoms in total. The Labute approximate surface area is 266 Å². The molecule has 4 atom stereocenters. The van der Waals surface area contributed by atoms with E-state index in [9.17, 15) is 10.1 Å². The summed E-state index contributed by atoms with van der Waals surface area (Å²) in [5.74, 6) is 2.36. The molecule has 4 fully saturated rings. The highest BCUT2D eigenvalue weighted by atomic mass is 16.6. The van der Waals surface area contributed by atoms with E-state index in [0.29, 0.717) is 12.5 Å². The van der Waals surface area contributed by atoms with Crippen LogP contribution < -0.4 is 10.6 Å². The lowest BCUT2D eigenvalue weighted by atomic mass is 9.96. The predicted molar refractivity (Wildman–Crippen MR) is 173 cm³/mol. The Kier molecular flexibility index (Phi) is 9.78. The van der Waals surface area contributed by atoms with E-state index in [1.807, 2.05) is 21.7 Å². The number of nitriles is 1. The van der Waals surface area contributed by atoms with Crippen LogP contribution in [0.1, 0.15) is 63.9 Å². The number of ether oxygens (including phenoxy) is 2. The summed E-state index contributed by atoms with van der Waals surface area (Å²) < 4.78 is 13.4. The number of fused-ring (bicyclic) bond motifs is 3. The van der Waals surface area contributed by atoms with Crippen molar-refractivity contribution in [3.8, 4) is 6.07 Å². The number of hydrogen-bond donors (Lipinski definition) is 2. The van der Waals surface area contributed by atoms with Crippen molar-refractivity contribution in [2.24, 2.45) is 5.92 Å². The zero-order valence-corrected chi connectivity index (χ0v) is 27.2. The van der Waals surface area contributed by atoms with E-state index in [0.717, 1.165) is 94.1 Å². The van der Waals surface area contributed by atoms with Crippen LogP contribution in [0.3, 0.4) is 0 Å². The SMILES string of the molecule is CC(C)c1cnn2c(NC3CC4CCC(C3)N4C(=O)OC3CN(C/C=C/CN(C)C)C3)cc(NCC3CCOC(C#N)C3)nc12. The molecule has 0 saturated carbocycles. The van der Waals surface area contributed by atoms with E-state index in [1.165, 1.54) is 0 Å². The van der Waals surface area contributed by atoms with Crippen LogP contribution in [-0.2, 0) is 9.47 Å². The Morgan fingerprint density at radius 2 is 1.98 bits per heavy atom. The molecule has 2 bridgehead atoms. The van der Waals surface area contributed by atoms with Crippen LogP contribution in [0.15, 0.2) is 24.4 Å². The lowest BCUT2D eigenvalue weighted by Crippen LogP contribution is -2.56. The molecule has 244 valence electrons. The molecule has 4 saturated heterocycles. The summed E-state index contributed by atoms with van der Waals surface area (Å²) >= 11 is 0. The molecule has 12 heteroatoms. The first kappa shape index (κ1) is 31.6. The number of amides is 1. The average Bonchev–Trinajstić information content (AvgIpc) is 3.55.